The minimum absolute atomic E-state index is 0.0877. The van der Waals surface area contributed by atoms with Crippen LogP contribution < -0.4 is 10.9 Å². The Balaban J connectivity index is 2.03. The summed E-state index contributed by atoms with van der Waals surface area (Å²) < 4.78 is 1.22. The third kappa shape index (κ3) is 2.97. The van der Waals surface area contributed by atoms with Crippen LogP contribution >= 0.6 is 11.3 Å². The molecule has 6 heteroatoms. The quantitative estimate of drug-likeness (QED) is 0.793. The van der Waals surface area contributed by atoms with Crippen molar-refractivity contribution in [2.24, 2.45) is 13.0 Å². The monoisotopic (exact) mass is 341 g/mol. The number of carbonyl (C=O) groups excluding carboxylic acids is 1. The van der Waals surface area contributed by atoms with E-state index in [2.05, 4.69) is 24.3 Å². The first kappa shape index (κ1) is 16.4. The van der Waals surface area contributed by atoms with E-state index in [-0.39, 0.29) is 29.1 Å². The molecule has 0 saturated carbocycles. The highest BCUT2D eigenvalue weighted by Crippen LogP contribution is 2.26. The van der Waals surface area contributed by atoms with Crippen molar-refractivity contribution in [2.45, 2.75) is 19.9 Å². The van der Waals surface area contributed by atoms with E-state index in [4.69, 9.17) is 0 Å². The van der Waals surface area contributed by atoms with Crippen LogP contribution in [0.25, 0.3) is 10.8 Å². The zero-order valence-corrected chi connectivity index (χ0v) is 14.6. The Bertz CT molecular complexity index is 929. The van der Waals surface area contributed by atoms with Gasteiger partial charge in [-0.15, -0.1) is 11.3 Å². The molecule has 0 unspecified atom stereocenters. The van der Waals surface area contributed by atoms with Gasteiger partial charge in [0.2, 0.25) is 0 Å². The number of benzene rings is 1. The van der Waals surface area contributed by atoms with E-state index >= 15 is 0 Å². The number of nitrogens with zero attached hydrogens (tertiary/aromatic N) is 2. The molecule has 2 heterocycles. The molecule has 0 aliphatic carbocycles. The fourth-order valence-electron chi connectivity index (χ4n) is 2.71. The Labute approximate surface area is 143 Å². The summed E-state index contributed by atoms with van der Waals surface area (Å²) in [6, 6.07) is 11.0. The standard InChI is InChI=1S/C18H19N3O2S/c1-11(2)15(14-9-6-10-24-14)19-17(22)16-12-7-4-5-8-13(12)18(23)21(3)20-16/h4-11,15H,1-3H3,(H,19,22)/t15-/m1/s1. The number of carbonyl (C=O) groups is 1. The molecule has 3 aromatic rings. The molecule has 124 valence electrons. The number of nitrogens with one attached hydrogen (secondary N) is 1. The van der Waals surface area contributed by atoms with Gasteiger partial charge in [-0.1, -0.05) is 38.1 Å². The van der Waals surface area contributed by atoms with E-state index in [0.717, 1.165) is 4.88 Å². The lowest BCUT2D eigenvalue weighted by molar-refractivity contribution is 0.0921. The smallest absolute Gasteiger partial charge is 0.274 e. The summed E-state index contributed by atoms with van der Waals surface area (Å²) in [5.74, 6) is -0.0275. The highest BCUT2D eigenvalue weighted by molar-refractivity contribution is 7.10. The second kappa shape index (κ2) is 6.57. The van der Waals surface area contributed by atoms with Gasteiger partial charge in [-0.3, -0.25) is 9.59 Å². The van der Waals surface area contributed by atoms with Crippen molar-refractivity contribution >= 4 is 28.0 Å². The lowest BCUT2D eigenvalue weighted by Gasteiger charge is -2.21. The second-order valence-electron chi connectivity index (χ2n) is 6.03. The van der Waals surface area contributed by atoms with Crippen molar-refractivity contribution in [1.29, 1.82) is 0 Å². The van der Waals surface area contributed by atoms with E-state index in [1.807, 2.05) is 17.5 Å². The van der Waals surface area contributed by atoms with Crippen LogP contribution in [0.4, 0.5) is 0 Å². The third-order valence-corrected chi connectivity index (χ3v) is 4.93. The van der Waals surface area contributed by atoms with Crippen molar-refractivity contribution in [1.82, 2.24) is 15.1 Å². The summed E-state index contributed by atoms with van der Waals surface area (Å²) in [7, 11) is 1.56. The predicted octanol–water partition coefficient (Wildman–Crippen LogP) is 3.12. The van der Waals surface area contributed by atoms with Crippen molar-refractivity contribution in [3.63, 3.8) is 0 Å². The number of aromatic nitrogens is 2. The molecule has 1 aromatic carbocycles. The van der Waals surface area contributed by atoms with Gasteiger partial charge in [0, 0.05) is 17.3 Å². The number of amides is 1. The number of hydrogen-bond donors (Lipinski definition) is 1. The first-order valence-corrected chi connectivity index (χ1v) is 8.67. The van der Waals surface area contributed by atoms with Gasteiger partial charge < -0.3 is 5.32 Å². The average Bonchev–Trinajstić information content (AvgIpc) is 3.09. The molecular formula is C18H19N3O2S. The van der Waals surface area contributed by atoms with E-state index in [1.165, 1.54) is 4.68 Å². The summed E-state index contributed by atoms with van der Waals surface area (Å²) in [6.07, 6.45) is 0. The SMILES string of the molecule is CC(C)[C@@H](NC(=O)c1nn(C)c(=O)c2ccccc12)c1cccs1. The first-order valence-electron chi connectivity index (χ1n) is 7.79. The van der Waals surface area contributed by atoms with Gasteiger partial charge in [-0.05, 0) is 23.4 Å². The summed E-state index contributed by atoms with van der Waals surface area (Å²) in [6.45, 7) is 4.13. The Morgan fingerprint density at radius 2 is 1.88 bits per heavy atom. The third-order valence-electron chi connectivity index (χ3n) is 3.97. The van der Waals surface area contributed by atoms with Crippen molar-refractivity contribution in [3.8, 4) is 0 Å². The van der Waals surface area contributed by atoms with Gasteiger partial charge in [-0.2, -0.15) is 5.10 Å². The lowest BCUT2D eigenvalue weighted by atomic mass is 10.0. The van der Waals surface area contributed by atoms with Crippen LogP contribution in [-0.2, 0) is 7.05 Å². The zero-order valence-electron chi connectivity index (χ0n) is 13.8. The van der Waals surface area contributed by atoms with Crippen molar-refractivity contribution in [3.05, 3.63) is 62.7 Å². The van der Waals surface area contributed by atoms with Crippen molar-refractivity contribution in [2.75, 3.05) is 0 Å². The lowest BCUT2D eigenvalue weighted by Crippen LogP contribution is -2.34. The Morgan fingerprint density at radius 3 is 2.50 bits per heavy atom. The maximum Gasteiger partial charge on any atom is 0.274 e. The first-order chi connectivity index (χ1) is 11.5. The number of fused-ring (bicyclic) bond motifs is 1. The van der Waals surface area contributed by atoms with E-state index < -0.39 is 0 Å². The van der Waals surface area contributed by atoms with Gasteiger partial charge in [0.25, 0.3) is 11.5 Å². The highest BCUT2D eigenvalue weighted by Gasteiger charge is 2.22. The van der Waals surface area contributed by atoms with Crippen LogP contribution in [0, 0.1) is 5.92 Å². The molecule has 0 spiro atoms. The minimum atomic E-state index is -0.270. The van der Waals surface area contributed by atoms with Crippen LogP contribution in [-0.4, -0.2) is 15.7 Å². The zero-order chi connectivity index (χ0) is 17.3. The molecule has 0 radical (unpaired) electrons. The topological polar surface area (TPSA) is 64.0 Å². The molecule has 1 N–H and O–H groups in total. The van der Waals surface area contributed by atoms with Gasteiger partial charge in [0.05, 0.1) is 11.4 Å². The van der Waals surface area contributed by atoms with Crippen molar-refractivity contribution < 1.29 is 4.79 Å². The second-order valence-corrected chi connectivity index (χ2v) is 7.01. The molecule has 0 bridgehead atoms. The Morgan fingerprint density at radius 1 is 1.17 bits per heavy atom. The molecule has 2 aromatic heterocycles. The number of thiophene rings is 1. The molecular weight excluding hydrogens is 322 g/mol. The molecule has 0 aliphatic rings. The minimum Gasteiger partial charge on any atom is -0.343 e. The van der Waals surface area contributed by atoms with Gasteiger partial charge in [-0.25, -0.2) is 4.68 Å². The van der Waals surface area contributed by atoms with Crippen LogP contribution in [0.1, 0.15) is 35.3 Å². The van der Waals surface area contributed by atoms with Gasteiger partial charge >= 0.3 is 0 Å². The van der Waals surface area contributed by atoms with E-state index in [1.54, 1.807) is 42.6 Å². The van der Waals surface area contributed by atoms with Gasteiger partial charge in [0.15, 0.2) is 5.69 Å². The predicted molar refractivity (Wildman–Crippen MR) is 96.3 cm³/mol. The number of rotatable bonds is 4. The number of aryl methyl sites for hydroxylation is 1. The average molecular weight is 341 g/mol. The van der Waals surface area contributed by atoms with Crippen LogP contribution in [0.5, 0.6) is 0 Å². The van der Waals surface area contributed by atoms with Crippen LogP contribution in [0.3, 0.4) is 0 Å². The highest BCUT2D eigenvalue weighted by atomic mass is 32.1. The fourth-order valence-corrected chi connectivity index (χ4v) is 3.66. The number of hydrogen-bond acceptors (Lipinski definition) is 4. The molecule has 1 atom stereocenters. The van der Waals surface area contributed by atoms with Crippen LogP contribution in [0.2, 0.25) is 0 Å². The summed E-state index contributed by atoms with van der Waals surface area (Å²) in [4.78, 5) is 26.1. The molecule has 0 aliphatic heterocycles. The largest absolute Gasteiger partial charge is 0.343 e. The molecule has 3 rings (SSSR count). The fraction of sp³-hybridized carbons (Fsp3) is 0.278. The molecule has 1 amide bonds. The maximum absolute atomic E-state index is 12.8. The molecule has 0 fully saturated rings. The van der Waals surface area contributed by atoms with Crippen LogP contribution in [0.15, 0.2) is 46.6 Å². The maximum atomic E-state index is 12.8. The molecule has 0 saturated heterocycles. The molecule has 24 heavy (non-hydrogen) atoms. The van der Waals surface area contributed by atoms with Gasteiger partial charge in [0.1, 0.15) is 0 Å². The Hall–Kier alpha value is -2.47. The van der Waals surface area contributed by atoms with E-state index in [9.17, 15) is 9.59 Å². The summed E-state index contributed by atoms with van der Waals surface area (Å²) in [5.41, 5.74) is 0.0655. The Kier molecular flexibility index (Phi) is 4.49. The summed E-state index contributed by atoms with van der Waals surface area (Å²) >= 11 is 1.62. The normalized spacial score (nSPS) is 12.5. The molecule has 5 nitrogen and oxygen atoms in total. The summed E-state index contributed by atoms with van der Waals surface area (Å²) in [5, 5.41) is 10.3. The van der Waals surface area contributed by atoms with E-state index in [0.29, 0.717) is 10.8 Å².